The molecule has 2 aliphatic heterocycles. The van der Waals surface area contributed by atoms with E-state index >= 15 is 0 Å². The lowest BCUT2D eigenvalue weighted by molar-refractivity contribution is -0.105. The van der Waals surface area contributed by atoms with E-state index in [1.807, 2.05) is 12.1 Å². The van der Waals surface area contributed by atoms with Crippen LogP contribution in [0.5, 0.6) is 0 Å². The second-order valence-electron chi connectivity index (χ2n) is 6.47. The summed E-state index contributed by atoms with van der Waals surface area (Å²) in [5, 5.41) is 6.82. The molecule has 0 spiro atoms. The van der Waals surface area contributed by atoms with Crippen molar-refractivity contribution in [1.82, 2.24) is 20.2 Å². The number of fused-ring (bicyclic) bond motifs is 1. The minimum absolute atomic E-state index is 0.513. The van der Waals surface area contributed by atoms with Crippen LogP contribution in [0.15, 0.2) is 30.6 Å². The Morgan fingerprint density at radius 3 is 2.92 bits per heavy atom. The van der Waals surface area contributed by atoms with Crippen molar-refractivity contribution in [3.63, 3.8) is 0 Å². The maximum atomic E-state index is 10.4. The van der Waals surface area contributed by atoms with Gasteiger partial charge in [-0.1, -0.05) is 6.92 Å². The molecule has 0 unspecified atom stereocenters. The van der Waals surface area contributed by atoms with Gasteiger partial charge in [0.05, 0.1) is 16.9 Å². The molecule has 6 heteroatoms. The molecule has 2 aromatic rings. The Bertz CT molecular complexity index is 767. The van der Waals surface area contributed by atoms with Crippen LogP contribution in [-0.2, 0) is 4.79 Å². The maximum absolute atomic E-state index is 10.4. The molecule has 4 heterocycles. The Hall–Kier alpha value is -2.47. The first kappa shape index (κ1) is 17.4. The number of carbonyl (C=O) groups is 1. The standard InChI is InChI=1S/C13H12N4O.C6H13N/c1-2-17-7-12(17)10-4-3-9-6-14-13(15-8-18)5-11(9)16-10;1-6-3-2-4-7-5-6/h3-8H,2H2,1H3,(H,14,15,18);6-7H,2-5H2,1H3/t;6-/m.1/s1. The minimum atomic E-state index is 0.513. The van der Waals surface area contributed by atoms with Gasteiger partial charge < -0.3 is 15.5 Å². The first-order valence-electron chi connectivity index (χ1n) is 8.87. The molecule has 2 aliphatic rings. The fourth-order valence-electron chi connectivity index (χ4n) is 2.92. The average molecular weight is 339 g/mol. The van der Waals surface area contributed by atoms with E-state index in [0.717, 1.165) is 34.8 Å². The molecule has 1 atom stereocenters. The van der Waals surface area contributed by atoms with Gasteiger partial charge in [-0.15, -0.1) is 0 Å². The fourth-order valence-corrected chi connectivity index (χ4v) is 2.92. The molecular formula is C19H25N5O. The quantitative estimate of drug-likeness (QED) is 0.838. The lowest BCUT2D eigenvalue weighted by Crippen LogP contribution is -2.27. The zero-order valence-electron chi connectivity index (χ0n) is 14.8. The third-order valence-electron chi connectivity index (χ3n) is 4.45. The zero-order valence-corrected chi connectivity index (χ0v) is 14.8. The molecule has 0 bridgehead atoms. The molecular weight excluding hydrogens is 314 g/mol. The fraction of sp³-hybridized carbons (Fsp3) is 0.421. The van der Waals surface area contributed by atoms with Crippen molar-refractivity contribution in [1.29, 1.82) is 0 Å². The van der Waals surface area contributed by atoms with Crippen molar-refractivity contribution in [2.24, 2.45) is 5.92 Å². The van der Waals surface area contributed by atoms with Crippen LogP contribution in [0, 0.1) is 5.92 Å². The zero-order chi connectivity index (χ0) is 17.6. The number of amides is 1. The van der Waals surface area contributed by atoms with Crippen LogP contribution < -0.4 is 10.6 Å². The monoisotopic (exact) mass is 339 g/mol. The summed E-state index contributed by atoms with van der Waals surface area (Å²) in [7, 11) is 0. The Balaban J connectivity index is 0.000000219. The van der Waals surface area contributed by atoms with Crippen molar-refractivity contribution in [2.75, 3.05) is 25.0 Å². The molecule has 6 nitrogen and oxygen atoms in total. The van der Waals surface area contributed by atoms with Gasteiger partial charge in [-0.2, -0.15) is 0 Å². The molecule has 1 saturated heterocycles. The van der Waals surface area contributed by atoms with Gasteiger partial charge in [-0.25, -0.2) is 9.97 Å². The summed E-state index contributed by atoms with van der Waals surface area (Å²) >= 11 is 0. The molecule has 2 N–H and O–H groups in total. The molecule has 132 valence electrons. The molecule has 0 aliphatic carbocycles. The van der Waals surface area contributed by atoms with E-state index in [4.69, 9.17) is 0 Å². The molecule has 0 saturated carbocycles. The van der Waals surface area contributed by atoms with E-state index in [2.05, 4.69) is 45.5 Å². The summed E-state index contributed by atoms with van der Waals surface area (Å²) in [5.74, 6) is 1.44. The Morgan fingerprint density at radius 1 is 1.44 bits per heavy atom. The number of piperidine rings is 1. The number of carbonyl (C=O) groups excluding carboxylic acids is 1. The highest BCUT2D eigenvalue weighted by Crippen LogP contribution is 2.31. The van der Waals surface area contributed by atoms with Gasteiger partial charge in [0.2, 0.25) is 6.41 Å². The summed E-state index contributed by atoms with van der Waals surface area (Å²) in [6.07, 6.45) is 7.19. The van der Waals surface area contributed by atoms with E-state index in [9.17, 15) is 4.79 Å². The van der Waals surface area contributed by atoms with Crippen molar-refractivity contribution in [3.05, 3.63) is 36.3 Å². The molecule has 0 radical (unpaired) electrons. The Morgan fingerprint density at radius 2 is 2.32 bits per heavy atom. The van der Waals surface area contributed by atoms with Crippen molar-refractivity contribution >= 4 is 28.8 Å². The normalized spacial score (nSPS) is 18.9. The molecule has 1 fully saturated rings. The van der Waals surface area contributed by atoms with E-state index in [-0.39, 0.29) is 0 Å². The number of hydrogen-bond acceptors (Lipinski definition) is 5. The molecule has 2 aromatic heterocycles. The van der Waals surface area contributed by atoms with Gasteiger partial charge in [0.1, 0.15) is 5.82 Å². The average Bonchev–Trinajstić information content (AvgIpc) is 3.42. The molecule has 25 heavy (non-hydrogen) atoms. The largest absolute Gasteiger partial charge is 0.343 e. The lowest BCUT2D eigenvalue weighted by atomic mass is 10.0. The maximum Gasteiger partial charge on any atom is 0.212 e. The molecule has 0 aromatic carbocycles. The number of rotatable bonds is 4. The summed E-state index contributed by atoms with van der Waals surface area (Å²) < 4.78 is 0. The second kappa shape index (κ2) is 8.07. The predicted molar refractivity (Wildman–Crippen MR) is 101 cm³/mol. The van der Waals surface area contributed by atoms with Gasteiger partial charge in [-0.3, -0.25) is 4.79 Å². The van der Waals surface area contributed by atoms with Gasteiger partial charge in [0.25, 0.3) is 0 Å². The van der Waals surface area contributed by atoms with Gasteiger partial charge in [-0.05, 0) is 50.9 Å². The summed E-state index contributed by atoms with van der Waals surface area (Å²) in [4.78, 5) is 21.2. The number of nitrogens with zero attached hydrogens (tertiary/aromatic N) is 3. The van der Waals surface area contributed by atoms with E-state index in [0.29, 0.717) is 12.2 Å². The van der Waals surface area contributed by atoms with Crippen LogP contribution in [0.25, 0.3) is 16.6 Å². The van der Waals surface area contributed by atoms with Gasteiger partial charge in [0.15, 0.2) is 0 Å². The van der Waals surface area contributed by atoms with Crippen molar-refractivity contribution in [3.8, 4) is 0 Å². The minimum Gasteiger partial charge on any atom is -0.343 e. The van der Waals surface area contributed by atoms with Crippen LogP contribution in [0.2, 0.25) is 0 Å². The summed E-state index contributed by atoms with van der Waals surface area (Å²) in [6, 6.07) is 5.74. The highest BCUT2D eigenvalue weighted by Gasteiger charge is 2.21. The van der Waals surface area contributed by atoms with Crippen molar-refractivity contribution < 1.29 is 4.79 Å². The van der Waals surface area contributed by atoms with Gasteiger partial charge >= 0.3 is 0 Å². The van der Waals surface area contributed by atoms with Crippen LogP contribution in [0.4, 0.5) is 5.82 Å². The predicted octanol–water partition coefficient (Wildman–Crippen LogP) is 2.84. The second-order valence-corrected chi connectivity index (χ2v) is 6.47. The number of anilines is 1. The first-order valence-corrected chi connectivity index (χ1v) is 8.87. The third-order valence-corrected chi connectivity index (χ3v) is 4.45. The smallest absolute Gasteiger partial charge is 0.212 e. The number of pyridine rings is 2. The molecule has 1 amide bonds. The number of aromatic nitrogens is 2. The summed E-state index contributed by atoms with van der Waals surface area (Å²) in [5.41, 5.74) is 2.93. The van der Waals surface area contributed by atoms with Gasteiger partial charge in [0, 0.05) is 30.4 Å². The van der Waals surface area contributed by atoms with E-state index < -0.39 is 0 Å². The number of hydrogen-bond donors (Lipinski definition) is 2. The highest BCUT2D eigenvalue weighted by atomic mass is 16.1. The highest BCUT2D eigenvalue weighted by molar-refractivity contribution is 5.85. The summed E-state index contributed by atoms with van der Waals surface area (Å²) in [6.45, 7) is 7.83. The molecule has 4 rings (SSSR count). The topological polar surface area (TPSA) is 69.9 Å². The Labute approximate surface area is 148 Å². The number of nitrogens with one attached hydrogen (secondary N) is 2. The van der Waals surface area contributed by atoms with Crippen molar-refractivity contribution in [2.45, 2.75) is 26.7 Å². The third kappa shape index (κ3) is 4.54. The van der Waals surface area contributed by atoms with Crippen LogP contribution >= 0.6 is 0 Å². The van der Waals surface area contributed by atoms with E-state index in [1.54, 1.807) is 12.3 Å². The van der Waals surface area contributed by atoms with Crippen LogP contribution in [-0.4, -0.2) is 40.9 Å². The Kier molecular flexibility index (Phi) is 5.60. The lowest BCUT2D eigenvalue weighted by Gasteiger charge is -2.17. The van der Waals surface area contributed by atoms with Crippen LogP contribution in [0.1, 0.15) is 32.4 Å². The van der Waals surface area contributed by atoms with E-state index in [1.165, 1.54) is 25.9 Å². The SMILES string of the molecule is CCN1C=C1c1ccc2cnc(NC=O)cc2n1.C[C@@H]1CCCNC1. The first-order chi connectivity index (χ1) is 12.2. The van der Waals surface area contributed by atoms with Crippen LogP contribution in [0.3, 0.4) is 0 Å².